The topological polar surface area (TPSA) is 148 Å². The number of hydrogen-bond donors (Lipinski definition) is 1. The number of aliphatic hydroxyl groups excluding tert-OH is 1. The molecule has 55 heavy (non-hydrogen) atoms. The Labute approximate surface area is 322 Å². The zero-order chi connectivity index (χ0) is 38.8. The van der Waals surface area contributed by atoms with Gasteiger partial charge >= 0.3 is 5.97 Å². The summed E-state index contributed by atoms with van der Waals surface area (Å²) in [6, 6.07) is 29.0. The summed E-state index contributed by atoms with van der Waals surface area (Å²) in [4.78, 5) is 13.0. The van der Waals surface area contributed by atoms with Gasteiger partial charge < -0.3 is 61.9 Å². The molecule has 0 amide bonds. The Kier molecular flexibility index (Phi) is 17.6. The minimum Gasteiger partial charge on any atom is -0.467 e. The molecular formula is C41H52O14. The lowest BCUT2D eigenvalue weighted by molar-refractivity contribution is -0.378. The van der Waals surface area contributed by atoms with E-state index in [2.05, 4.69) is 6.58 Å². The van der Waals surface area contributed by atoms with Crippen molar-refractivity contribution in [3.05, 3.63) is 120 Å². The summed E-state index contributed by atoms with van der Waals surface area (Å²) < 4.78 is 72.1. The van der Waals surface area contributed by atoms with E-state index in [1.54, 1.807) is 0 Å². The number of methoxy groups -OCH3 is 3. The highest BCUT2D eigenvalue weighted by molar-refractivity contribution is 5.75. The molecule has 0 unspecified atom stereocenters. The molecule has 5 rings (SSSR count). The van der Waals surface area contributed by atoms with Gasteiger partial charge in [-0.25, -0.2) is 4.79 Å². The van der Waals surface area contributed by atoms with Crippen molar-refractivity contribution in [2.75, 3.05) is 48.1 Å². The van der Waals surface area contributed by atoms with Crippen molar-refractivity contribution in [1.29, 1.82) is 0 Å². The van der Waals surface area contributed by atoms with Crippen LogP contribution in [-0.4, -0.2) is 121 Å². The van der Waals surface area contributed by atoms with E-state index in [9.17, 15) is 9.90 Å². The maximum absolute atomic E-state index is 13.0. The second-order valence-electron chi connectivity index (χ2n) is 12.8. The average Bonchev–Trinajstić information content (AvgIpc) is 3.22. The Morgan fingerprint density at radius 2 is 1.20 bits per heavy atom. The van der Waals surface area contributed by atoms with Gasteiger partial charge in [0.2, 0.25) is 0 Å². The summed E-state index contributed by atoms with van der Waals surface area (Å²) >= 11 is 0. The van der Waals surface area contributed by atoms with Gasteiger partial charge in [0.25, 0.3) is 0 Å². The maximum atomic E-state index is 13.0. The summed E-state index contributed by atoms with van der Waals surface area (Å²) in [5, 5.41) is 12.2. The van der Waals surface area contributed by atoms with Crippen molar-refractivity contribution in [1.82, 2.24) is 0 Å². The van der Waals surface area contributed by atoms with E-state index in [-0.39, 0.29) is 40.0 Å². The third-order valence-corrected chi connectivity index (χ3v) is 8.93. The Balaban J connectivity index is 1.48. The highest BCUT2D eigenvalue weighted by Crippen LogP contribution is 2.35. The molecule has 10 atom stereocenters. The lowest BCUT2D eigenvalue weighted by atomic mass is 9.96. The number of carbonyl (C=O) groups is 1. The van der Waals surface area contributed by atoms with Gasteiger partial charge in [-0.1, -0.05) is 97.1 Å². The molecule has 0 bridgehead atoms. The number of rotatable bonds is 22. The molecule has 2 aliphatic heterocycles. The van der Waals surface area contributed by atoms with Gasteiger partial charge in [0.1, 0.15) is 56.3 Å². The number of benzene rings is 3. The van der Waals surface area contributed by atoms with E-state index in [4.69, 9.17) is 56.8 Å². The van der Waals surface area contributed by atoms with Crippen LogP contribution in [0.4, 0.5) is 0 Å². The Bertz CT molecular complexity index is 1520. The van der Waals surface area contributed by atoms with Crippen LogP contribution >= 0.6 is 0 Å². The summed E-state index contributed by atoms with van der Waals surface area (Å²) in [6.45, 7) is 4.03. The summed E-state index contributed by atoms with van der Waals surface area (Å²) in [5.74, 6) is -0.741. The van der Waals surface area contributed by atoms with Crippen LogP contribution in [0.1, 0.15) is 16.7 Å². The fraction of sp³-hybridized carbons (Fsp3) is 0.488. The van der Waals surface area contributed by atoms with E-state index < -0.39 is 67.4 Å². The maximum Gasteiger partial charge on any atom is 0.337 e. The van der Waals surface area contributed by atoms with E-state index in [0.717, 1.165) is 16.7 Å². The smallest absolute Gasteiger partial charge is 0.337 e. The van der Waals surface area contributed by atoms with Gasteiger partial charge in [-0.05, 0) is 16.7 Å². The predicted octanol–water partition coefficient (Wildman–Crippen LogP) is 3.92. The summed E-state index contributed by atoms with van der Waals surface area (Å²) in [5.41, 5.74) is 2.77. The number of carbonyl (C=O) groups excluding carboxylic acids is 1. The van der Waals surface area contributed by atoms with Gasteiger partial charge in [0.05, 0.1) is 40.1 Å². The fourth-order valence-electron chi connectivity index (χ4n) is 6.31. The van der Waals surface area contributed by atoms with Crippen LogP contribution in [-0.2, 0) is 81.5 Å². The second kappa shape index (κ2) is 22.8. The molecule has 3 aromatic carbocycles. The molecule has 14 nitrogen and oxygen atoms in total. The molecule has 0 aromatic heterocycles. The first-order valence-electron chi connectivity index (χ1n) is 18.1. The van der Waals surface area contributed by atoms with Crippen LogP contribution in [0.3, 0.4) is 0 Å². The fourth-order valence-corrected chi connectivity index (χ4v) is 6.31. The molecule has 14 heteroatoms. The normalized spacial score (nSPS) is 28.1. The van der Waals surface area contributed by atoms with Crippen molar-refractivity contribution in [2.24, 2.45) is 0 Å². The highest BCUT2D eigenvalue weighted by Gasteiger charge is 2.55. The molecule has 2 saturated heterocycles. The first-order valence-corrected chi connectivity index (χ1v) is 18.1. The zero-order valence-corrected chi connectivity index (χ0v) is 31.4. The van der Waals surface area contributed by atoms with E-state index in [0.29, 0.717) is 6.61 Å². The molecule has 0 spiro atoms. The quantitative estimate of drug-likeness (QED) is 0.0895. The van der Waals surface area contributed by atoms with Crippen LogP contribution < -0.4 is 0 Å². The summed E-state index contributed by atoms with van der Waals surface area (Å²) in [7, 11) is 4.11. The van der Waals surface area contributed by atoms with Crippen molar-refractivity contribution in [3.8, 4) is 0 Å². The Morgan fingerprint density at radius 1 is 0.655 bits per heavy atom. The van der Waals surface area contributed by atoms with Gasteiger partial charge in [-0.3, -0.25) is 0 Å². The van der Waals surface area contributed by atoms with Crippen molar-refractivity contribution in [2.45, 2.75) is 81.2 Å². The Morgan fingerprint density at radius 3 is 1.75 bits per heavy atom. The van der Waals surface area contributed by atoms with Gasteiger partial charge in [-0.2, -0.15) is 0 Å². The number of ether oxygens (including phenoxy) is 12. The van der Waals surface area contributed by atoms with Crippen molar-refractivity contribution >= 4 is 5.97 Å². The monoisotopic (exact) mass is 768 g/mol. The molecule has 3 aromatic rings. The van der Waals surface area contributed by atoms with Gasteiger partial charge in [0.15, 0.2) is 18.7 Å². The van der Waals surface area contributed by atoms with E-state index in [1.165, 1.54) is 27.4 Å². The molecule has 1 N–H and O–H groups in total. The molecule has 2 heterocycles. The van der Waals surface area contributed by atoms with E-state index >= 15 is 0 Å². The van der Waals surface area contributed by atoms with Gasteiger partial charge in [-0.15, -0.1) is 6.58 Å². The largest absolute Gasteiger partial charge is 0.467 e. The van der Waals surface area contributed by atoms with Crippen LogP contribution in [0.5, 0.6) is 0 Å². The molecule has 2 aliphatic rings. The van der Waals surface area contributed by atoms with Crippen LogP contribution in [0.2, 0.25) is 0 Å². The third kappa shape index (κ3) is 12.2. The average molecular weight is 769 g/mol. The minimum absolute atomic E-state index is 0.0151. The third-order valence-electron chi connectivity index (χ3n) is 8.93. The zero-order valence-electron chi connectivity index (χ0n) is 31.4. The second-order valence-corrected chi connectivity index (χ2v) is 12.8. The number of esters is 1. The first-order chi connectivity index (χ1) is 27.0. The molecule has 2 fully saturated rings. The van der Waals surface area contributed by atoms with Crippen LogP contribution in [0.15, 0.2) is 104 Å². The lowest BCUT2D eigenvalue weighted by Crippen LogP contribution is -2.66. The van der Waals surface area contributed by atoms with E-state index in [1.807, 2.05) is 91.0 Å². The predicted molar refractivity (Wildman–Crippen MR) is 196 cm³/mol. The molecular weight excluding hydrogens is 716 g/mol. The number of aliphatic hydroxyl groups is 1. The molecule has 0 aliphatic carbocycles. The molecule has 300 valence electrons. The first kappa shape index (κ1) is 42.5. The van der Waals surface area contributed by atoms with Gasteiger partial charge in [0, 0.05) is 14.2 Å². The molecule has 0 saturated carbocycles. The van der Waals surface area contributed by atoms with Crippen molar-refractivity contribution in [3.63, 3.8) is 0 Å². The Hall–Kier alpha value is -3.61. The van der Waals surface area contributed by atoms with Crippen molar-refractivity contribution < 1.29 is 66.7 Å². The highest BCUT2D eigenvalue weighted by atomic mass is 16.8. The SMILES string of the molecule is C=CCO[C@@H]1O[C@H](C(=O)OC)[C@@H](OCOC)[C@H](OCOC)[C@H]1O[C@@H]1O[C@H](COCc2ccccc2)[C@H](OCc2ccccc2)[C@H](OCc2ccccc2)[C@H]1O. The van der Waals surface area contributed by atoms with Crippen LogP contribution in [0, 0.1) is 0 Å². The lowest BCUT2D eigenvalue weighted by Gasteiger charge is -2.48. The summed E-state index contributed by atoms with van der Waals surface area (Å²) in [6.07, 6.45) is -9.86. The number of hydrogen-bond acceptors (Lipinski definition) is 14. The molecule has 0 radical (unpaired) electrons. The van der Waals surface area contributed by atoms with Crippen LogP contribution in [0.25, 0.3) is 0 Å². The standard InChI is InChI=1S/C41H52O14/c1-5-21-48-41-38(36(52-27-45-3)35(51-26-44-2)37(54-41)39(43)46-4)55-40-32(42)34(50-24-30-19-13-8-14-20-30)33(49-23-29-17-11-7-12-18-29)31(53-40)25-47-22-28-15-9-6-10-16-28/h5-20,31-38,40-42H,1,21-27H2,2-4H3/t31-,32-,33+,34-,35+,36+,37+,38-,40+,41-/m1/s1. The minimum atomic E-state index is -1.42.